The van der Waals surface area contributed by atoms with Crippen LogP contribution in [0.4, 0.5) is 5.69 Å². The summed E-state index contributed by atoms with van der Waals surface area (Å²) >= 11 is 4.02. The molecule has 0 saturated carbocycles. The number of thiol groups is 1. The van der Waals surface area contributed by atoms with Gasteiger partial charge in [-0.3, -0.25) is 4.79 Å². The van der Waals surface area contributed by atoms with E-state index in [0.717, 1.165) is 17.9 Å². The summed E-state index contributed by atoms with van der Waals surface area (Å²) in [4.78, 5) is 13.4. The van der Waals surface area contributed by atoms with E-state index in [1.54, 1.807) is 4.90 Å². The van der Waals surface area contributed by atoms with Gasteiger partial charge in [0.1, 0.15) is 5.75 Å². The van der Waals surface area contributed by atoms with E-state index in [1.165, 1.54) is 0 Å². The van der Waals surface area contributed by atoms with Crippen LogP contribution in [0.3, 0.4) is 0 Å². The highest BCUT2D eigenvalue weighted by Gasteiger charge is 2.20. The van der Waals surface area contributed by atoms with Gasteiger partial charge in [0.2, 0.25) is 5.91 Å². The molecule has 80 valence electrons. The van der Waals surface area contributed by atoms with Crippen LogP contribution in [-0.2, 0) is 4.79 Å². The first-order valence-corrected chi connectivity index (χ1v) is 5.59. The molecule has 1 aliphatic rings. The number of nitrogens with zero attached hydrogens (tertiary/aromatic N) is 1. The minimum Gasteiger partial charge on any atom is -0.491 e. The Morgan fingerprint density at radius 3 is 3.07 bits per heavy atom. The first-order chi connectivity index (χ1) is 7.33. The first kappa shape index (κ1) is 10.4. The number of carbonyl (C=O) groups is 1. The highest BCUT2D eigenvalue weighted by molar-refractivity contribution is 7.81. The van der Waals surface area contributed by atoms with E-state index in [1.807, 2.05) is 24.3 Å². The van der Waals surface area contributed by atoms with Gasteiger partial charge < -0.3 is 9.64 Å². The van der Waals surface area contributed by atoms with Crippen molar-refractivity contribution >= 4 is 24.2 Å². The molecule has 3 nitrogen and oxygen atoms in total. The molecule has 0 spiro atoms. The van der Waals surface area contributed by atoms with Gasteiger partial charge in [-0.05, 0) is 18.6 Å². The topological polar surface area (TPSA) is 29.5 Å². The highest BCUT2D eigenvalue weighted by atomic mass is 32.1. The summed E-state index contributed by atoms with van der Waals surface area (Å²) in [6.07, 6.45) is 0.855. The van der Waals surface area contributed by atoms with E-state index < -0.39 is 0 Å². The summed E-state index contributed by atoms with van der Waals surface area (Å²) in [5.74, 6) is 1.04. The molecule has 15 heavy (non-hydrogen) atoms. The maximum atomic E-state index is 11.7. The summed E-state index contributed by atoms with van der Waals surface area (Å²) in [6.45, 7) is 1.36. The smallest absolute Gasteiger partial charge is 0.236 e. The molecule has 0 aliphatic carbocycles. The second kappa shape index (κ2) is 4.57. The van der Waals surface area contributed by atoms with Crippen LogP contribution in [-0.4, -0.2) is 24.8 Å². The molecule has 1 aromatic carbocycles. The predicted octanol–water partition coefficient (Wildman–Crippen LogP) is 1.73. The zero-order valence-electron chi connectivity index (χ0n) is 8.35. The zero-order valence-corrected chi connectivity index (χ0v) is 9.24. The maximum absolute atomic E-state index is 11.7. The Hall–Kier alpha value is -1.16. The second-order valence-corrected chi connectivity index (χ2v) is 3.69. The van der Waals surface area contributed by atoms with Gasteiger partial charge in [0.15, 0.2) is 0 Å². The number of anilines is 1. The Morgan fingerprint density at radius 1 is 1.47 bits per heavy atom. The van der Waals surface area contributed by atoms with Gasteiger partial charge in [0.05, 0.1) is 18.0 Å². The van der Waals surface area contributed by atoms with E-state index >= 15 is 0 Å². The van der Waals surface area contributed by atoms with E-state index in [9.17, 15) is 4.79 Å². The van der Waals surface area contributed by atoms with Gasteiger partial charge in [0.25, 0.3) is 0 Å². The second-order valence-electron chi connectivity index (χ2n) is 3.37. The number of amides is 1. The standard InChI is InChI=1S/C11H13NO2S/c13-11(8-15)12-6-3-7-14-10-5-2-1-4-9(10)12/h1-2,4-5,15H,3,6-8H2. The third-order valence-electron chi connectivity index (χ3n) is 2.38. The molecule has 4 heteroatoms. The Morgan fingerprint density at radius 2 is 2.27 bits per heavy atom. The lowest BCUT2D eigenvalue weighted by molar-refractivity contribution is -0.116. The van der Waals surface area contributed by atoms with E-state index in [2.05, 4.69) is 12.6 Å². The van der Waals surface area contributed by atoms with Crippen molar-refractivity contribution in [2.45, 2.75) is 6.42 Å². The fourth-order valence-corrected chi connectivity index (χ4v) is 1.84. The third-order valence-corrected chi connectivity index (χ3v) is 2.65. The highest BCUT2D eigenvalue weighted by Crippen LogP contribution is 2.30. The Balaban J connectivity index is 2.37. The summed E-state index contributed by atoms with van der Waals surface area (Å²) in [5.41, 5.74) is 0.856. The van der Waals surface area contributed by atoms with Crippen molar-refractivity contribution in [3.05, 3.63) is 24.3 Å². The number of hydrogen-bond donors (Lipinski definition) is 1. The normalized spacial score (nSPS) is 15.1. The molecule has 0 bridgehead atoms. The lowest BCUT2D eigenvalue weighted by Crippen LogP contribution is -2.32. The minimum absolute atomic E-state index is 0.0243. The van der Waals surface area contributed by atoms with Crippen LogP contribution in [0.15, 0.2) is 24.3 Å². The van der Waals surface area contributed by atoms with Crippen LogP contribution in [0.1, 0.15) is 6.42 Å². The largest absolute Gasteiger partial charge is 0.491 e. The first-order valence-electron chi connectivity index (χ1n) is 4.96. The number of para-hydroxylation sites is 2. The molecular weight excluding hydrogens is 210 g/mol. The van der Waals surface area contributed by atoms with Crippen molar-refractivity contribution < 1.29 is 9.53 Å². The van der Waals surface area contributed by atoms with Gasteiger partial charge in [-0.1, -0.05) is 12.1 Å². The van der Waals surface area contributed by atoms with Gasteiger partial charge in [-0.2, -0.15) is 12.6 Å². The molecule has 1 aromatic rings. The van der Waals surface area contributed by atoms with Crippen LogP contribution >= 0.6 is 12.6 Å². The van der Waals surface area contributed by atoms with Crippen molar-refractivity contribution in [3.8, 4) is 5.75 Å². The Labute approximate surface area is 94.4 Å². The molecule has 1 heterocycles. The number of fused-ring (bicyclic) bond motifs is 1. The van der Waals surface area contributed by atoms with Gasteiger partial charge in [-0.25, -0.2) is 0 Å². The van der Waals surface area contributed by atoms with Crippen molar-refractivity contribution in [3.63, 3.8) is 0 Å². The zero-order chi connectivity index (χ0) is 10.7. The molecule has 0 atom stereocenters. The van der Waals surface area contributed by atoms with E-state index in [4.69, 9.17) is 4.74 Å². The van der Waals surface area contributed by atoms with Crippen molar-refractivity contribution in [2.24, 2.45) is 0 Å². The minimum atomic E-state index is 0.0243. The van der Waals surface area contributed by atoms with Gasteiger partial charge in [-0.15, -0.1) is 0 Å². The number of hydrogen-bond acceptors (Lipinski definition) is 3. The fourth-order valence-electron chi connectivity index (χ4n) is 1.67. The SMILES string of the molecule is O=C(CS)N1CCCOc2ccccc21. The molecule has 1 aliphatic heterocycles. The quantitative estimate of drug-likeness (QED) is 0.735. The van der Waals surface area contributed by atoms with Crippen molar-refractivity contribution in [1.82, 2.24) is 0 Å². The lowest BCUT2D eigenvalue weighted by Gasteiger charge is -2.20. The molecular formula is C11H13NO2S. The lowest BCUT2D eigenvalue weighted by atomic mass is 10.2. The van der Waals surface area contributed by atoms with Crippen molar-refractivity contribution in [1.29, 1.82) is 0 Å². The molecule has 0 aromatic heterocycles. The fraction of sp³-hybridized carbons (Fsp3) is 0.364. The average molecular weight is 223 g/mol. The molecule has 0 unspecified atom stereocenters. The molecule has 0 saturated heterocycles. The van der Waals surface area contributed by atoms with Gasteiger partial charge in [0, 0.05) is 6.54 Å². The number of benzene rings is 1. The Kier molecular flexibility index (Phi) is 3.16. The predicted molar refractivity (Wildman–Crippen MR) is 62.8 cm³/mol. The van der Waals surface area contributed by atoms with Crippen LogP contribution in [0.25, 0.3) is 0 Å². The van der Waals surface area contributed by atoms with E-state index in [-0.39, 0.29) is 11.7 Å². The Bertz CT molecular complexity index is 367. The molecule has 0 N–H and O–H groups in total. The maximum Gasteiger partial charge on any atom is 0.236 e. The summed E-state index contributed by atoms with van der Waals surface area (Å²) in [7, 11) is 0. The van der Waals surface area contributed by atoms with Crippen molar-refractivity contribution in [2.75, 3.05) is 23.8 Å². The van der Waals surface area contributed by atoms with Crippen LogP contribution < -0.4 is 9.64 Å². The third kappa shape index (κ3) is 2.09. The van der Waals surface area contributed by atoms with E-state index in [0.29, 0.717) is 13.2 Å². The summed E-state index contributed by atoms with van der Waals surface area (Å²) in [5, 5.41) is 0. The van der Waals surface area contributed by atoms with Crippen LogP contribution in [0, 0.1) is 0 Å². The van der Waals surface area contributed by atoms with Crippen LogP contribution in [0.5, 0.6) is 5.75 Å². The summed E-state index contributed by atoms with van der Waals surface area (Å²) < 4.78 is 5.55. The molecule has 0 radical (unpaired) electrons. The van der Waals surface area contributed by atoms with Crippen LogP contribution in [0.2, 0.25) is 0 Å². The number of rotatable bonds is 1. The molecule has 1 amide bonds. The number of ether oxygens (including phenoxy) is 1. The number of carbonyl (C=O) groups excluding carboxylic acids is 1. The molecule has 0 fully saturated rings. The van der Waals surface area contributed by atoms with Gasteiger partial charge >= 0.3 is 0 Å². The average Bonchev–Trinajstić information content (AvgIpc) is 2.50. The molecule has 2 rings (SSSR count). The summed E-state index contributed by atoms with van der Waals surface area (Å²) in [6, 6.07) is 7.61. The monoisotopic (exact) mass is 223 g/mol.